The van der Waals surface area contributed by atoms with Crippen molar-refractivity contribution in [1.29, 1.82) is 0 Å². The van der Waals surface area contributed by atoms with Crippen LogP contribution in [0, 0.1) is 5.92 Å². The van der Waals surface area contributed by atoms with Crippen molar-refractivity contribution in [3.8, 4) is 0 Å². The Labute approximate surface area is 164 Å². The van der Waals surface area contributed by atoms with Crippen LogP contribution < -0.4 is 10.2 Å². The SMILES string of the molecule is Cn1cc(Nc2nccc(N3CC4CSC(C3)N4C(=O)C3CC3(F)F)n2)cn1. The second-order valence-corrected chi connectivity index (χ2v) is 8.59. The van der Waals surface area contributed by atoms with E-state index in [1.165, 1.54) is 0 Å². The van der Waals surface area contributed by atoms with E-state index in [1.807, 2.05) is 19.3 Å². The van der Waals surface area contributed by atoms with E-state index in [-0.39, 0.29) is 17.8 Å². The summed E-state index contributed by atoms with van der Waals surface area (Å²) >= 11 is 1.65. The number of rotatable bonds is 4. The highest BCUT2D eigenvalue weighted by Gasteiger charge is 2.64. The van der Waals surface area contributed by atoms with E-state index >= 15 is 0 Å². The van der Waals surface area contributed by atoms with Gasteiger partial charge in [0.15, 0.2) is 0 Å². The first-order chi connectivity index (χ1) is 13.4. The van der Waals surface area contributed by atoms with Gasteiger partial charge in [0.25, 0.3) is 5.92 Å². The van der Waals surface area contributed by atoms with Crippen LogP contribution in [-0.2, 0) is 11.8 Å². The number of piperazine rings is 1. The summed E-state index contributed by atoms with van der Waals surface area (Å²) < 4.78 is 28.4. The molecule has 2 aliphatic heterocycles. The number of fused-ring (bicyclic) bond motifs is 2. The molecule has 0 spiro atoms. The Bertz CT molecular complexity index is 908. The van der Waals surface area contributed by atoms with Crippen molar-refractivity contribution in [2.24, 2.45) is 13.0 Å². The minimum Gasteiger partial charge on any atom is -0.351 e. The fourth-order valence-electron chi connectivity index (χ4n) is 3.79. The van der Waals surface area contributed by atoms with Gasteiger partial charge in [0, 0.05) is 44.7 Å². The fraction of sp³-hybridized carbons (Fsp3) is 0.529. The molecule has 148 valence electrons. The predicted octanol–water partition coefficient (Wildman–Crippen LogP) is 1.70. The maximum absolute atomic E-state index is 13.3. The third-order valence-corrected chi connectivity index (χ3v) is 6.63. The number of aromatic nitrogens is 4. The molecule has 11 heteroatoms. The van der Waals surface area contributed by atoms with Crippen molar-refractivity contribution in [2.45, 2.75) is 23.8 Å². The van der Waals surface area contributed by atoms with Crippen LogP contribution >= 0.6 is 11.8 Å². The molecule has 0 aromatic carbocycles. The topological polar surface area (TPSA) is 79.2 Å². The number of anilines is 3. The third kappa shape index (κ3) is 3.07. The van der Waals surface area contributed by atoms with Crippen molar-refractivity contribution >= 4 is 35.1 Å². The summed E-state index contributed by atoms with van der Waals surface area (Å²) in [5, 5.41) is 7.10. The van der Waals surface area contributed by atoms with Crippen LogP contribution in [0.5, 0.6) is 0 Å². The van der Waals surface area contributed by atoms with E-state index in [2.05, 4.69) is 25.3 Å². The van der Waals surface area contributed by atoms with Crippen LogP contribution in [0.25, 0.3) is 0 Å². The molecule has 0 radical (unpaired) electrons. The lowest BCUT2D eigenvalue weighted by Gasteiger charge is -2.40. The Morgan fingerprint density at radius 1 is 1.39 bits per heavy atom. The minimum atomic E-state index is -2.82. The normalized spacial score (nSPS) is 27.8. The van der Waals surface area contributed by atoms with Gasteiger partial charge in [0.2, 0.25) is 11.9 Å². The lowest BCUT2D eigenvalue weighted by Crippen LogP contribution is -2.57. The smallest absolute Gasteiger partial charge is 0.260 e. The van der Waals surface area contributed by atoms with Crippen molar-refractivity contribution in [2.75, 3.05) is 29.1 Å². The van der Waals surface area contributed by atoms with Crippen molar-refractivity contribution in [3.63, 3.8) is 0 Å². The lowest BCUT2D eigenvalue weighted by molar-refractivity contribution is -0.137. The molecule has 2 aromatic rings. The molecule has 3 aliphatic rings. The Morgan fingerprint density at radius 3 is 2.89 bits per heavy atom. The first-order valence-corrected chi connectivity index (χ1v) is 10.1. The summed E-state index contributed by atoms with van der Waals surface area (Å²) in [6.45, 7) is 1.14. The standard InChI is InChI=1S/C17H19F2N7OS/c1-24-6-10(5-21-24)22-16-20-3-2-13(23-16)25-7-11-9-28-14(8-25)26(11)15(27)12-4-17(12,18)19/h2-3,5-6,11-12,14H,4,7-9H2,1H3,(H,20,22,23). The molecule has 3 fully saturated rings. The monoisotopic (exact) mass is 407 g/mol. The van der Waals surface area contributed by atoms with Crippen LogP contribution in [-0.4, -0.2) is 66.7 Å². The number of hydrogen-bond acceptors (Lipinski definition) is 7. The Hall–Kier alpha value is -2.43. The highest BCUT2D eigenvalue weighted by atomic mass is 32.2. The van der Waals surface area contributed by atoms with E-state index < -0.39 is 17.7 Å². The number of hydrogen-bond donors (Lipinski definition) is 1. The summed E-state index contributed by atoms with van der Waals surface area (Å²) in [4.78, 5) is 25.1. The number of aryl methyl sites for hydroxylation is 1. The molecule has 2 bridgehead atoms. The number of carbonyl (C=O) groups excluding carboxylic acids is 1. The number of carbonyl (C=O) groups is 1. The Balaban J connectivity index is 1.30. The molecule has 1 saturated carbocycles. The van der Waals surface area contributed by atoms with Gasteiger partial charge in [0.1, 0.15) is 11.7 Å². The van der Waals surface area contributed by atoms with Crippen LogP contribution in [0.1, 0.15) is 6.42 Å². The van der Waals surface area contributed by atoms with Crippen molar-refractivity contribution in [1.82, 2.24) is 24.6 Å². The second-order valence-electron chi connectivity index (χ2n) is 7.38. The zero-order valence-corrected chi connectivity index (χ0v) is 15.9. The van der Waals surface area contributed by atoms with Gasteiger partial charge in [-0.05, 0) is 6.07 Å². The molecular formula is C17H19F2N7OS. The maximum Gasteiger partial charge on any atom is 0.260 e. The van der Waals surface area contributed by atoms with Gasteiger partial charge in [-0.15, -0.1) is 11.8 Å². The van der Waals surface area contributed by atoms with Crippen LogP contribution in [0.4, 0.5) is 26.2 Å². The summed E-state index contributed by atoms with van der Waals surface area (Å²) in [7, 11) is 1.83. The number of nitrogens with zero attached hydrogens (tertiary/aromatic N) is 6. The van der Waals surface area contributed by atoms with Crippen LogP contribution in [0.3, 0.4) is 0 Å². The van der Waals surface area contributed by atoms with Gasteiger partial charge < -0.3 is 15.1 Å². The number of nitrogens with one attached hydrogen (secondary N) is 1. The average Bonchev–Trinajstić information content (AvgIpc) is 2.96. The maximum atomic E-state index is 13.3. The highest BCUT2D eigenvalue weighted by molar-refractivity contribution is 8.00. The molecule has 2 aromatic heterocycles. The highest BCUT2D eigenvalue weighted by Crippen LogP contribution is 2.51. The van der Waals surface area contributed by atoms with Crippen LogP contribution in [0.2, 0.25) is 0 Å². The van der Waals surface area contributed by atoms with Crippen molar-refractivity contribution in [3.05, 3.63) is 24.7 Å². The zero-order chi connectivity index (χ0) is 19.5. The largest absolute Gasteiger partial charge is 0.351 e. The zero-order valence-electron chi connectivity index (χ0n) is 15.1. The molecular weight excluding hydrogens is 388 g/mol. The van der Waals surface area contributed by atoms with Gasteiger partial charge in [-0.25, -0.2) is 13.8 Å². The predicted molar refractivity (Wildman–Crippen MR) is 101 cm³/mol. The lowest BCUT2D eigenvalue weighted by atomic mass is 10.1. The van der Waals surface area contributed by atoms with E-state index in [1.54, 1.807) is 33.7 Å². The molecule has 2 saturated heterocycles. The summed E-state index contributed by atoms with van der Waals surface area (Å²) in [5.74, 6) is -2.37. The number of amides is 1. The van der Waals surface area contributed by atoms with Gasteiger partial charge >= 0.3 is 0 Å². The van der Waals surface area contributed by atoms with Crippen LogP contribution in [0.15, 0.2) is 24.7 Å². The van der Waals surface area contributed by atoms with Gasteiger partial charge in [0.05, 0.1) is 23.3 Å². The molecule has 3 atom stereocenters. The fourth-order valence-corrected chi connectivity index (χ4v) is 5.22. The molecule has 3 unspecified atom stereocenters. The number of thioether (sulfide) groups is 1. The quantitative estimate of drug-likeness (QED) is 0.826. The molecule has 28 heavy (non-hydrogen) atoms. The third-order valence-electron chi connectivity index (χ3n) is 5.30. The first kappa shape index (κ1) is 17.7. The van der Waals surface area contributed by atoms with Gasteiger partial charge in [-0.1, -0.05) is 0 Å². The summed E-state index contributed by atoms with van der Waals surface area (Å²) in [6, 6.07) is 1.75. The number of halogens is 2. The van der Waals surface area contributed by atoms with Gasteiger partial charge in [-0.2, -0.15) is 10.1 Å². The summed E-state index contributed by atoms with van der Waals surface area (Å²) in [5.41, 5.74) is 0.788. The molecule has 1 N–H and O–H groups in total. The molecule has 8 nitrogen and oxygen atoms in total. The van der Waals surface area contributed by atoms with E-state index in [4.69, 9.17) is 0 Å². The minimum absolute atomic E-state index is 0.0719. The van der Waals surface area contributed by atoms with Crippen molar-refractivity contribution < 1.29 is 13.6 Å². The first-order valence-electron chi connectivity index (χ1n) is 9.06. The van der Waals surface area contributed by atoms with E-state index in [0.717, 1.165) is 17.3 Å². The average molecular weight is 407 g/mol. The summed E-state index contributed by atoms with van der Waals surface area (Å²) in [6.07, 6.45) is 4.87. The van der Waals surface area contributed by atoms with E-state index in [0.29, 0.717) is 19.0 Å². The molecule has 1 amide bonds. The van der Waals surface area contributed by atoms with E-state index in [9.17, 15) is 13.6 Å². The molecule has 5 rings (SSSR count). The number of alkyl halides is 2. The Kier molecular flexibility index (Phi) is 3.97. The van der Waals surface area contributed by atoms with Gasteiger partial charge in [-0.3, -0.25) is 9.48 Å². The second kappa shape index (κ2) is 6.29. The molecule has 1 aliphatic carbocycles. The molecule has 4 heterocycles. The Morgan fingerprint density at radius 2 is 2.21 bits per heavy atom.